The number of aryl methyl sites for hydroxylation is 1. The van der Waals surface area contributed by atoms with Crippen LogP contribution in [0.1, 0.15) is 21.0 Å². The van der Waals surface area contributed by atoms with Crippen LogP contribution in [0.4, 0.5) is 5.82 Å². The molecule has 29 heavy (non-hydrogen) atoms. The van der Waals surface area contributed by atoms with E-state index in [1.807, 2.05) is 6.07 Å². The van der Waals surface area contributed by atoms with Crippen LogP contribution < -0.4 is 14.8 Å². The lowest BCUT2D eigenvalue weighted by molar-refractivity contribution is -0.112. The number of nitriles is 1. The van der Waals surface area contributed by atoms with Crippen LogP contribution in [0.15, 0.2) is 51.9 Å². The summed E-state index contributed by atoms with van der Waals surface area (Å²) in [6.45, 7) is 1.68. The highest BCUT2D eigenvalue weighted by molar-refractivity contribution is 7.12. The molecule has 8 nitrogen and oxygen atoms in total. The maximum atomic E-state index is 12.3. The third-order valence-corrected chi connectivity index (χ3v) is 4.51. The Kier molecular flexibility index (Phi) is 6.06. The molecule has 0 saturated carbocycles. The first-order valence-electron chi connectivity index (χ1n) is 8.30. The first-order valence-corrected chi connectivity index (χ1v) is 9.18. The van der Waals surface area contributed by atoms with E-state index in [4.69, 9.17) is 14.0 Å². The number of thiophene rings is 1. The topological polar surface area (TPSA) is 114 Å². The molecule has 3 rings (SSSR count). The zero-order valence-corrected chi connectivity index (χ0v) is 16.3. The smallest absolute Gasteiger partial charge is 0.353 e. The van der Waals surface area contributed by atoms with Crippen LogP contribution in [0, 0.1) is 18.3 Å². The molecule has 0 atom stereocenters. The second kappa shape index (κ2) is 8.86. The highest BCUT2D eigenvalue weighted by Crippen LogP contribution is 2.30. The quantitative estimate of drug-likeness (QED) is 0.285. The number of esters is 1. The molecule has 2 heterocycles. The molecule has 0 bridgehead atoms. The van der Waals surface area contributed by atoms with Crippen LogP contribution in [0.2, 0.25) is 0 Å². The van der Waals surface area contributed by atoms with Crippen molar-refractivity contribution in [3.05, 3.63) is 63.6 Å². The molecule has 0 fully saturated rings. The van der Waals surface area contributed by atoms with Gasteiger partial charge in [-0.1, -0.05) is 17.3 Å². The van der Waals surface area contributed by atoms with E-state index in [0.29, 0.717) is 16.2 Å². The first-order chi connectivity index (χ1) is 14.0. The van der Waals surface area contributed by atoms with Crippen molar-refractivity contribution in [2.24, 2.45) is 0 Å². The van der Waals surface area contributed by atoms with E-state index in [2.05, 4.69) is 10.5 Å². The van der Waals surface area contributed by atoms with Gasteiger partial charge in [-0.3, -0.25) is 4.79 Å². The molecule has 1 aromatic carbocycles. The molecule has 146 valence electrons. The van der Waals surface area contributed by atoms with Gasteiger partial charge in [0, 0.05) is 6.07 Å². The summed E-state index contributed by atoms with van der Waals surface area (Å²) in [5, 5.41) is 17.2. The van der Waals surface area contributed by atoms with E-state index in [1.54, 1.807) is 36.6 Å². The summed E-state index contributed by atoms with van der Waals surface area (Å²) in [6.07, 6.45) is 1.38. The Morgan fingerprint density at radius 2 is 2.10 bits per heavy atom. The number of hydrogen-bond donors (Lipinski definition) is 1. The molecule has 0 spiro atoms. The van der Waals surface area contributed by atoms with E-state index in [-0.39, 0.29) is 22.9 Å². The minimum Gasteiger partial charge on any atom is -0.493 e. The second-order valence-corrected chi connectivity index (χ2v) is 6.67. The Labute approximate surface area is 170 Å². The lowest BCUT2D eigenvalue weighted by atomic mass is 10.1. The number of methoxy groups -OCH3 is 1. The van der Waals surface area contributed by atoms with Crippen LogP contribution in [-0.2, 0) is 4.79 Å². The number of nitrogens with zero attached hydrogens (tertiary/aromatic N) is 2. The Hall–Kier alpha value is -3.90. The zero-order valence-electron chi connectivity index (χ0n) is 15.5. The highest BCUT2D eigenvalue weighted by Gasteiger charge is 2.15. The van der Waals surface area contributed by atoms with Gasteiger partial charge < -0.3 is 19.3 Å². The number of aromatic nitrogens is 1. The van der Waals surface area contributed by atoms with Gasteiger partial charge in [-0.05, 0) is 42.1 Å². The van der Waals surface area contributed by atoms with Crippen LogP contribution in [0.3, 0.4) is 0 Å². The van der Waals surface area contributed by atoms with Gasteiger partial charge in [-0.25, -0.2) is 4.79 Å². The molecule has 0 saturated heterocycles. The standard InChI is InChI=1S/C20H15N3O5S/c1-12-8-18(23-28-12)22-19(24)14(11-21)9-13-5-6-15(16(10-13)26-2)27-20(25)17-4-3-7-29-17/h3-10H,1-2H3,(H,22,23,24)/b14-9-. The van der Waals surface area contributed by atoms with Crippen LogP contribution >= 0.6 is 11.3 Å². The van der Waals surface area contributed by atoms with Crippen LogP contribution in [-0.4, -0.2) is 24.1 Å². The lowest BCUT2D eigenvalue weighted by Gasteiger charge is -2.09. The van der Waals surface area contributed by atoms with Crippen molar-refractivity contribution < 1.29 is 23.6 Å². The van der Waals surface area contributed by atoms with Crippen molar-refractivity contribution in [2.45, 2.75) is 6.92 Å². The Morgan fingerprint density at radius 1 is 1.28 bits per heavy atom. The third kappa shape index (κ3) is 4.88. The summed E-state index contributed by atoms with van der Waals surface area (Å²) in [4.78, 5) is 24.9. The third-order valence-electron chi connectivity index (χ3n) is 3.66. The van der Waals surface area contributed by atoms with Gasteiger partial charge in [0.05, 0.1) is 7.11 Å². The van der Waals surface area contributed by atoms with Crippen molar-refractivity contribution in [3.63, 3.8) is 0 Å². The predicted molar refractivity (Wildman–Crippen MR) is 106 cm³/mol. The van der Waals surface area contributed by atoms with Gasteiger partial charge >= 0.3 is 5.97 Å². The maximum Gasteiger partial charge on any atom is 0.353 e. The number of ether oxygens (including phenoxy) is 2. The van der Waals surface area contributed by atoms with E-state index >= 15 is 0 Å². The molecular weight excluding hydrogens is 394 g/mol. The molecule has 9 heteroatoms. The summed E-state index contributed by atoms with van der Waals surface area (Å²) >= 11 is 1.27. The lowest BCUT2D eigenvalue weighted by Crippen LogP contribution is -2.13. The Bertz CT molecular complexity index is 1110. The maximum absolute atomic E-state index is 12.3. The average molecular weight is 409 g/mol. The van der Waals surface area contributed by atoms with Gasteiger partial charge in [0.15, 0.2) is 17.3 Å². The predicted octanol–water partition coefficient (Wildman–Crippen LogP) is 3.82. The Morgan fingerprint density at radius 3 is 2.72 bits per heavy atom. The van der Waals surface area contributed by atoms with Gasteiger partial charge in [-0.15, -0.1) is 11.3 Å². The van der Waals surface area contributed by atoms with Crippen molar-refractivity contribution >= 4 is 35.1 Å². The number of amides is 1. The average Bonchev–Trinajstić information content (AvgIpc) is 3.39. The van der Waals surface area contributed by atoms with E-state index in [0.717, 1.165) is 0 Å². The van der Waals surface area contributed by atoms with Crippen molar-refractivity contribution in [3.8, 4) is 17.6 Å². The molecule has 3 aromatic rings. The highest BCUT2D eigenvalue weighted by atomic mass is 32.1. The van der Waals surface area contributed by atoms with Gasteiger partial charge in [0.1, 0.15) is 22.3 Å². The number of carbonyl (C=O) groups is 2. The molecule has 0 aliphatic heterocycles. The minimum absolute atomic E-state index is 0.143. The van der Waals surface area contributed by atoms with Gasteiger partial charge in [-0.2, -0.15) is 5.26 Å². The SMILES string of the molecule is COc1cc(/C=C(/C#N)C(=O)Nc2cc(C)on2)ccc1OC(=O)c1cccs1. The summed E-state index contributed by atoms with van der Waals surface area (Å²) in [5.41, 5.74) is 0.372. The molecule has 2 aromatic heterocycles. The van der Waals surface area contributed by atoms with Crippen molar-refractivity contribution in [1.82, 2.24) is 5.16 Å². The van der Waals surface area contributed by atoms with Crippen LogP contribution in [0.25, 0.3) is 6.08 Å². The fourth-order valence-corrected chi connectivity index (χ4v) is 2.93. The number of benzene rings is 1. The van der Waals surface area contributed by atoms with Gasteiger partial charge in [0.25, 0.3) is 5.91 Å². The molecule has 0 aliphatic rings. The summed E-state index contributed by atoms with van der Waals surface area (Å²) in [6, 6.07) is 11.5. The molecule has 0 aliphatic carbocycles. The molecule has 0 radical (unpaired) electrons. The largest absolute Gasteiger partial charge is 0.493 e. The van der Waals surface area contributed by atoms with E-state index < -0.39 is 11.9 Å². The van der Waals surface area contributed by atoms with Crippen molar-refractivity contribution in [1.29, 1.82) is 5.26 Å². The molecule has 0 unspecified atom stereocenters. The number of anilines is 1. The zero-order chi connectivity index (χ0) is 20.8. The number of carbonyl (C=O) groups excluding carboxylic acids is 2. The molecule has 1 N–H and O–H groups in total. The molecular formula is C20H15N3O5S. The number of nitrogens with one attached hydrogen (secondary N) is 1. The first kappa shape index (κ1) is 19.9. The minimum atomic E-state index is -0.632. The van der Waals surface area contributed by atoms with E-state index in [1.165, 1.54) is 36.7 Å². The molecule has 1 amide bonds. The second-order valence-electron chi connectivity index (χ2n) is 5.72. The summed E-state index contributed by atoms with van der Waals surface area (Å²) < 4.78 is 15.5. The van der Waals surface area contributed by atoms with E-state index in [9.17, 15) is 14.9 Å². The summed E-state index contributed by atoms with van der Waals surface area (Å²) in [7, 11) is 1.43. The fourth-order valence-electron chi connectivity index (χ4n) is 2.33. The number of hydrogen-bond acceptors (Lipinski definition) is 8. The fraction of sp³-hybridized carbons (Fsp3) is 0.100. The number of rotatable bonds is 6. The normalized spacial score (nSPS) is 10.9. The van der Waals surface area contributed by atoms with Gasteiger partial charge in [0.2, 0.25) is 0 Å². The van der Waals surface area contributed by atoms with Crippen LogP contribution in [0.5, 0.6) is 11.5 Å². The Balaban J connectivity index is 1.79. The van der Waals surface area contributed by atoms with Crippen molar-refractivity contribution in [2.75, 3.05) is 12.4 Å². The monoisotopic (exact) mass is 409 g/mol. The summed E-state index contributed by atoms with van der Waals surface area (Å²) in [5.74, 6) is 0.120.